The molecule has 0 saturated carbocycles. The van der Waals surface area contributed by atoms with Gasteiger partial charge in [-0.25, -0.2) is 4.99 Å². The molecule has 0 aromatic heterocycles. The molecule has 0 bridgehead atoms. The van der Waals surface area contributed by atoms with E-state index in [1.54, 1.807) is 0 Å². The molecule has 0 aliphatic carbocycles. The summed E-state index contributed by atoms with van der Waals surface area (Å²) in [5.74, 6) is -0.107. The van der Waals surface area contributed by atoms with Gasteiger partial charge in [-0.05, 0) is 54.1 Å². The van der Waals surface area contributed by atoms with Crippen LogP contribution < -0.4 is 10.2 Å². The van der Waals surface area contributed by atoms with Gasteiger partial charge in [0.25, 0.3) is 5.91 Å². The third kappa shape index (κ3) is 3.68. The number of hydrogen-bond acceptors (Lipinski definition) is 4. The molecule has 1 N–H and O–H groups in total. The summed E-state index contributed by atoms with van der Waals surface area (Å²) >= 11 is 1.37. The minimum atomic E-state index is -0.107. The minimum absolute atomic E-state index is 0.107. The number of amidine groups is 1. The Morgan fingerprint density at radius 2 is 1.79 bits per heavy atom. The number of amides is 1. The Morgan fingerprint density at radius 3 is 2.46 bits per heavy atom. The average molecular weight is 337 g/mol. The molecule has 1 aliphatic rings. The predicted molar refractivity (Wildman–Crippen MR) is 103 cm³/mol. The largest absolute Gasteiger partial charge is 0.378 e. The van der Waals surface area contributed by atoms with Crippen molar-refractivity contribution in [1.29, 1.82) is 0 Å². The zero-order valence-electron chi connectivity index (χ0n) is 13.9. The summed E-state index contributed by atoms with van der Waals surface area (Å²) in [7, 11) is 4.00. The summed E-state index contributed by atoms with van der Waals surface area (Å²) in [4.78, 5) is 19.4. The first kappa shape index (κ1) is 16.3. The molecule has 4 nitrogen and oxygen atoms in total. The monoisotopic (exact) mass is 337 g/mol. The van der Waals surface area contributed by atoms with E-state index >= 15 is 0 Å². The van der Waals surface area contributed by atoms with Crippen molar-refractivity contribution >= 4 is 40.3 Å². The lowest BCUT2D eigenvalue weighted by Crippen LogP contribution is -2.19. The van der Waals surface area contributed by atoms with Gasteiger partial charge in [-0.15, -0.1) is 0 Å². The third-order valence-corrected chi connectivity index (χ3v) is 4.61. The molecule has 5 heteroatoms. The number of aryl methyl sites for hydroxylation is 1. The van der Waals surface area contributed by atoms with Gasteiger partial charge in [0.1, 0.15) is 0 Å². The summed E-state index contributed by atoms with van der Waals surface area (Å²) in [6.45, 7) is 2.00. The van der Waals surface area contributed by atoms with Gasteiger partial charge >= 0.3 is 0 Å². The maximum atomic E-state index is 12.2. The number of rotatable bonds is 3. The van der Waals surface area contributed by atoms with Gasteiger partial charge in [-0.1, -0.05) is 30.3 Å². The van der Waals surface area contributed by atoms with Crippen molar-refractivity contribution < 1.29 is 4.79 Å². The molecule has 2 aromatic rings. The van der Waals surface area contributed by atoms with Crippen molar-refractivity contribution in [2.45, 2.75) is 6.92 Å². The van der Waals surface area contributed by atoms with Crippen LogP contribution in [0.25, 0.3) is 6.08 Å². The Bertz CT molecular complexity index is 823. The van der Waals surface area contributed by atoms with Crippen LogP contribution in [0, 0.1) is 6.92 Å². The van der Waals surface area contributed by atoms with Crippen molar-refractivity contribution in [3.8, 4) is 0 Å². The fourth-order valence-electron chi connectivity index (χ4n) is 2.30. The Balaban J connectivity index is 1.81. The zero-order chi connectivity index (χ0) is 17.1. The number of para-hydroxylation sites is 1. The molecule has 1 fully saturated rings. The number of nitrogens with zero attached hydrogens (tertiary/aromatic N) is 2. The first-order valence-corrected chi connectivity index (χ1v) is 8.47. The second kappa shape index (κ2) is 6.93. The second-order valence-corrected chi connectivity index (χ2v) is 6.78. The average Bonchev–Trinajstić information content (AvgIpc) is 2.90. The van der Waals surface area contributed by atoms with Crippen LogP contribution in [0.4, 0.5) is 11.4 Å². The molecule has 1 amide bonds. The van der Waals surface area contributed by atoms with Gasteiger partial charge in [0.05, 0.1) is 10.6 Å². The number of aliphatic imine (C=N–C) groups is 1. The van der Waals surface area contributed by atoms with Crippen LogP contribution in [0.2, 0.25) is 0 Å². The van der Waals surface area contributed by atoms with E-state index in [0.717, 1.165) is 22.5 Å². The smallest absolute Gasteiger partial charge is 0.264 e. The number of thioether (sulfide) groups is 1. The Labute approximate surface area is 146 Å². The zero-order valence-corrected chi connectivity index (χ0v) is 14.7. The molecule has 24 heavy (non-hydrogen) atoms. The van der Waals surface area contributed by atoms with Gasteiger partial charge in [-0.2, -0.15) is 0 Å². The van der Waals surface area contributed by atoms with Crippen LogP contribution >= 0.6 is 11.8 Å². The molecule has 1 saturated heterocycles. The lowest BCUT2D eigenvalue weighted by Gasteiger charge is -2.11. The number of anilines is 1. The van der Waals surface area contributed by atoms with Gasteiger partial charge in [0.2, 0.25) is 0 Å². The second-order valence-electron chi connectivity index (χ2n) is 5.75. The summed E-state index contributed by atoms with van der Waals surface area (Å²) in [5.41, 5.74) is 4.08. The SMILES string of the molecule is Cc1ccccc1N=C1NC(=O)/C(=C\c2ccc(N(C)C)cc2)S1. The molecule has 2 aromatic carbocycles. The Morgan fingerprint density at radius 1 is 1.08 bits per heavy atom. The van der Waals surface area contributed by atoms with Crippen molar-refractivity contribution in [3.63, 3.8) is 0 Å². The predicted octanol–water partition coefficient (Wildman–Crippen LogP) is 3.95. The first-order chi connectivity index (χ1) is 11.5. The molecule has 1 heterocycles. The maximum absolute atomic E-state index is 12.2. The molecule has 0 spiro atoms. The van der Waals surface area contributed by atoms with Crippen molar-refractivity contribution in [1.82, 2.24) is 5.32 Å². The summed E-state index contributed by atoms with van der Waals surface area (Å²) in [6.07, 6.45) is 1.89. The normalized spacial score (nSPS) is 17.4. The number of hydrogen-bond donors (Lipinski definition) is 1. The fraction of sp³-hybridized carbons (Fsp3) is 0.158. The topological polar surface area (TPSA) is 44.7 Å². The van der Waals surface area contributed by atoms with Crippen molar-refractivity contribution in [2.75, 3.05) is 19.0 Å². The number of carbonyl (C=O) groups is 1. The highest BCUT2D eigenvalue weighted by atomic mass is 32.2. The molecule has 122 valence electrons. The van der Waals surface area contributed by atoms with E-state index in [1.807, 2.05) is 80.5 Å². The summed E-state index contributed by atoms with van der Waals surface area (Å²) < 4.78 is 0. The number of carbonyl (C=O) groups excluding carboxylic acids is 1. The van der Waals surface area contributed by atoms with Crippen molar-refractivity contribution in [3.05, 3.63) is 64.6 Å². The Kier molecular flexibility index (Phi) is 4.71. The lowest BCUT2D eigenvalue weighted by atomic mass is 10.2. The summed E-state index contributed by atoms with van der Waals surface area (Å²) in [6, 6.07) is 15.9. The molecule has 0 atom stereocenters. The highest BCUT2D eigenvalue weighted by molar-refractivity contribution is 8.18. The van der Waals surface area contributed by atoms with Crippen molar-refractivity contribution in [2.24, 2.45) is 4.99 Å². The van der Waals surface area contributed by atoms with E-state index in [4.69, 9.17) is 0 Å². The van der Waals surface area contributed by atoms with Gasteiger partial charge in [0.15, 0.2) is 5.17 Å². The molecular weight excluding hydrogens is 318 g/mol. The van der Waals surface area contributed by atoms with E-state index in [9.17, 15) is 4.79 Å². The first-order valence-electron chi connectivity index (χ1n) is 7.65. The van der Waals surface area contributed by atoms with Crippen LogP contribution in [0.3, 0.4) is 0 Å². The highest BCUT2D eigenvalue weighted by Gasteiger charge is 2.23. The van der Waals surface area contributed by atoms with Crippen LogP contribution in [-0.4, -0.2) is 25.2 Å². The number of nitrogens with one attached hydrogen (secondary N) is 1. The van der Waals surface area contributed by atoms with Gasteiger partial charge in [0, 0.05) is 19.8 Å². The molecule has 0 radical (unpaired) electrons. The fourth-order valence-corrected chi connectivity index (χ4v) is 3.13. The van der Waals surface area contributed by atoms with E-state index < -0.39 is 0 Å². The third-order valence-electron chi connectivity index (χ3n) is 3.70. The quantitative estimate of drug-likeness (QED) is 0.863. The van der Waals surface area contributed by atoms with E-state index in [0.29, 0.717) is 10.1 Å². The minimum Gasteiger partial charge on any atom is -0.378 e. The highest BCUT2D eigenvalue weighted by Crippen LogP contribution is 2.29. The molecular formula is C19H19N3OS. The molecule has 1 aliphatic heterocycles. The van der Waals surface area contributed by atoms with E-state index in [-0.39, 0.29) is 5.91 Å². The van der Waals surface area contributed by atoms with Crippen LogP contribution in [0.15, 0.2) is 58.4 Å². The lowest BCUT2D eigenvalue weighted by molar-refractivity contribution is -0.115. The van der Waals surface area contributed by atoms with Crippen LogP contribution in [0.1, 0.15) is 11.1 Å². The van der Waals surface area contributed by atoms with Gasteiger partial charge < -0.3 is 10.2 Å². The number of benzene rings is 2. The van der Waals surface area contributed by atoms with E-state index in [2.05, 4.69) is 10.3 Å². The Hall–Kier alpha value is -2.53. The van der Waals surface area contributed by atoms with E-state index in [1.165, 1.54) is 11.8 Å². The van der Waals surface area contributed by atoms with Crippen LogP contribution in [0.5, 0.6) is 0 Å². The molecule has 3 rings (SSSR count). The summed E-state index contributed by atoms with van der Waals surface area (Å²) in [5, 5.41) is 3.44. The maximum Gasteiger partial charge on any atom is 0.264 e. The standard InChI is InChI=1S/C19H19N3OS/c1-13-6-4-5-7-16(13)20-19-21-18(23)17(24-19)12-14-8-10-15(11-9-14)22(2)3/h4-12H,1-3H3,(H,20,21,23)/b17-12+. The van der Waals surface area contributed by atoms with Gasteiger partial charge in [-0.3, -0.25) is 4.79 Å². The molecule has 0 unspecified atom stereocenters. The van der Waals surface area contributed by atoms with Crippen LogP contribution in [-0.2, 0) is 4.79 Å².